The molecule has 4 rings (SSSR count). The van der Waals surface area contributed by atoms with Gasteiger partial charge in [0.2, 0.25) is 5.95 Å². The number of benzene rings is 1. The second-order valence-corrected chi connectivity index (χ2v) is 8.10. The first-order valence-corrected chi connectivity index (χ1v) is 11.2. The Labute approximate surface area is 197 Å². The topological polar surface area (TPSA) is 114 Å². The van der Waals surface area contributed by atoms with Gasteiger partial charge in [-0.3, -0.25) is 4.90 Å². The Bertz CT molecular complexity index is 1130. The summed E-state index contributed by atoms with van der Waals surface area (Å²) in [6, 6.07) is 5.43. The summed E-state index contributed by atoms with van der Waals surface area (Å²) in [5.41, 5.74) is 13.9. The van der Waals surface area contributed by atoms with Crippen molar-refractivity contribution in [1.29, 1.82) is 0 Å². The van der Waals surface area contributed by atoms with Crippen LogP contribution in [0, 0.1) is 18.6 Å². The molecule has 1 fully saturated rings. The molecule has 1 saturated heterocycles. The highest BCUT2D eigenvalue weighted by Crippen LogP contribution is 2.20. The molecule has 11 heteroatoms. The van der Waals surface area contributed by atoms with Crippen LogP contribution in [0.5, 0.6) is 0 Å². The highest BCUT2D eigenvalue weighted by Gasteiger charge is 2.17. The number of nitrogens with zero attached hydrogens (tertiary/aromatic N) is 6. The zero-order chi connectivity index (χ0) is 24.1. The van der Waals surface area contributed by atoms with E-state index in [9.17, 15) is 8.78 Å². The van der Waals surface area contributed by atoms with Crippen LogP contribution < -0.4 is 21.7 Å². The molecule has 0 spiro atoms. The van der Waals surface area contributed by atoms with Gasteiger partial charge in [-0.1, -0.05) is 12.2 Å². The van der Waals surface area contributed by atoms with Gasteiger partial charge >= 0.3 is 0 Å². The summed E-state index contributed by atoms with van der Waals surface area (Å²) in [5, 5.41) is 7.56. The van der Waals surface area contributed by atoms with E-state index in [-0.39, 0.29) is 5.95 Å². The highest BCUT2D eigenvalue weighted by molar-refractivity contribution is 5.54. The minimum Gasteiger partial charge on any atom is -0.369 e. The molecule has 34 heavy (non-hydrogen) atoms. The molecule has 9 nitrogen and oxygen atoms in total. The fourth-order valence-electron chi connectivity index (χ4n) is 3.91. The van der Waals surface area contributed by atoms with Crippen molar-refractivity contribution < 1.29 is 8.78 Å². The number of hydrogen-bond donors (Lipinski definition) is 3. The monoisotopic (exact) mass is 469 g/mol. The number of anilines is 3. The molecular formula is C23H29F2N9. The predicted octanol–water partition coefficient (Wildman–Crippen LogP) is 2.04. The number of nitrogen functional groups attached to an aromatic ring is 1. The lowest BCUT2D eigenvalue weighted by molar-refractivity contribution is 0.284. The molecule has 1 aliphatic rings. The van der Waals surface area contributed by atoms with Crippen molar-refractivity contribution in [2.45, 2.75) is 6.92 Å². The first-order chi connectivity index (χ1) is 16.4. The first kappa shape index (κ1) is 23.6. The second-order valence-electron chi connectivity index (χ2n) is 8.10. The molecule has 0 atom stereocenters. The normalized spacial score (nSPS) is 14.8. The Morgan fingerprint density at radius 2 is 1.79 bits per heavy atom. The lowest BCUT2D eigenvalue weighted by atomic mass is 10.2. The largest absolute Gasteiger partial charge is 0.369 e. The first-order valence-electron chi connectivity index (χ1n) is 11.2. The Hall–Kier alpha value is -3.57. The third-order valence-electron chi connectivity index (χ3n) is 5.69. The molecule has 1 aliphatic heterocycles. The SMILES string of the molecule is Cc1c(/C=C/CN2CCN(c3cc(F)cc(F)c3)CC2)cnn1-c1cc(NCCN)nc(N)n1. The van der Waals surface area contributed by atoms with E-state index in [0.717, 1.165) is 37.0 Å². The zero-order valence-corrected chi connectivity index (χ0v) is 19.1. The number of nitrogens with two attached hydrogens (primary N) is 2. The summed E-state index contributed by atoms with van der Waals surface area (Å²) in [7, 11) is 0. The summed E-state index contributed by atoms with van der Waals surface area (Å²) < 4.78 is 28.7. The lowest BCUT2D eigenvalue weighted by Gasteiger charge is -2.35. The van der Waals surface area contributed by atoms with Gasteiger partial charge in [-0.05, 0) is 19.1 Å². The summed E-state index contributed by atoms with van der Waals surface area (Å²) in [4.78, 5) is 12.8. The second kappa shape index (κ2) is 10.6. The van der Waals surface area contributed by atoms with Gasteiger partial charge in [0, 0.05) is 69.2 Å². The molecule has 2 aromatic heterocycles. The van der Waals surface area contributed by atoms with Crippen LogP contribution in [0.2, 0.25) is 0 Å². The lowest BCUT2D eigenvalue weighted by Crippen LogP contribution is -2.46. The Morgan fingerprint density at radius 1 is 1.06 bits per heavy atom. The molecule has 1 aromatic carbocycles. The number of halogens is 2. The van der Waals surface area contributed by atoms with Gasteiger partial charge in [-0.15, -0.1) is 0 Å². The Balaban J connectivity index is 1.35. The third-order valence-corrected chi connectivity index (χ3v) is 5.69. The van der Waals surface area contributed by atoms with Gasteiger partial charge in [0.15, 0.2) is 5.82 Å². The van der Waals surface area contributed by atoms with E-state index in [4.69, 9.17) is 11.5 Å². The fraction of sp³-hybridized carbons (Fsp3) is 0.348. The van der Waals surface area contributed by atoms with Crippen LogP contribution in [0.3, 0.4) is 0 Å². The van der Waals surface area contributed by atoms with Gasteiger partial charge in [-0.2, -0.15) is 15.1 Å². The maximum atomic E-state index is 13.5. The predicted molar refractivity (Wildman–Crippen MR) is 130 cm³/mol. The van der Waals surface area contributed by atoms with Gasteiger partial charge in [0.1, 0.15) is 17.5 Å². The minimum absolute atomic E-state index is 0.157. The minimum atomic E-state index is -0.552. The molecule has 0 unspecified atom stereocenters. The molecule has 0 amide bonds. The van der Waals surface area contributed by atoms with Crippen molar-refractivity contribution in [3.63, 3.8) is 0 Å². The zero-order valence-electron chi connectivity index (χ0n) is 19.1. The molecule has 0 saturated carbocycles. The summed E-state index contributed by atoms with van der Waals surface area (Å²) >= 11 is 0. The molecular weight excluding hydrogens is 440 g/mol. The van der Waals surface area contributed by atoms with Gasteiger partial charge in [0.05, 0.1) is 11.9 Å². The van der Waals surface area contributed by atoms with E-state index in [1.807, 2.05) is 17.9 Å². The third kappa shape index (κ3) is 5.67. The van der Waals surface area contributed by atoms with Crippen molar-refractivity contribution in [3.05, 3.63) is 59.4 Å². The van der Waals surface area contributed by atoms with Crippen LogP contribution in [-0.4, -0.2) is 70.5 Å². The maximum absolute atomic E-state index is 13.5. The van der Waals surface area contributed by atoms with Crippen LogP contribution >= 0.6 is 0 Å². The maximum Gasteiger partial charge on any atom is 0.224 e. The molecule has 0 aliphatic carbocycles. The van der Waals surface area contributed by atoms with Crippen LogP contribution in [-0.2, 0) is 0 Å². The van der Waals surface area contributed by atoms with Crippen molar-refractivity contribution in [2.24, 2.45) is 5.73 Å². The highest BCUT2D eigenvalue weighted by atomic mass is 19.1. The van der Waals surface area contributed by atoms with E-state index < -0.39 is 11.6 Å². The van der Waals surface area contributed by atoms with E-state index in [0.29, 0.717) is 43.5 Å². The van der Waals surface area contributed by atoms with E-state index in [1.54, 1.807) is 16.9 Å². The summed E-state index contributed by atoms with van der Waals surface area (Å²) in [6.45, 7) is 6.83. The van der Waals surface area contributed by atoms with E-state index >= 15 is 0 Å². The molecule has 5 N–H and O–H groups in total. The van der Waals surface area contributed by atoms with Gasteiger partial charge < -0.3 is 21.7 Å². The standard InChI is InChI=1S/C23H29F2N9/c1-16-17(15-29-34(16)22-14-21(28-5-4-26)30-23(27)31-22)3-2-6-32-7-9-33(10-8-32)20-12-18(24)11-19(25)13-20/h2-3,11-15H,4-10,26H2,1H3,(H3,27,28,30,31)/b3-2+. The quantitative estimate of drug-likeness (QED) is 0.459. The molecule has 0 radical (unpaired) electrons. The van der Waals surface area contributed by atoms with Crippen LogP contribution in [0.4, 0.5) is 26.2 Å². The Morgan fingerprint density at radius 3 is 2.50 bits per heavy atom. The summed E-state index contributed by atoms with van der Waals surface area (Å²) in [5.74, 6) is 0.228. The number of nitrogens with one attached hydrogen (secondary N) is 1. The van der Waals surface area contributed by atoms with Crippen LogP contribution in [0.25, 0.3) is 11.9 Å². The van der Waals surface area contributed by atoms with Crippen molar-refractivity contribution >= 4 is 23.5 Å². The van der Waals surface area contributed by atoms with Crippen molar-refractivity contribution in [1.82, 2.24) is 24.6 Å². The fourth-order valence-corrected chi connectivity index (χ4v) is 3.91. The average Bonchev–Trinajstić information content (AvgIpc) is 3.17. The van der Waals surface area contributed by atoms with Crippen molar-refractivity contribution in [2.75, 3.05) is 61.8 Å². The van der Waals surface area contributed by atoms with Gasteiger partial charge in [-0.25, -0.2) is 13.5 Å². The number of piperazine rings is 1. The summed E-state index contributed by atoms with van der Waals surface area (Å²) in [6.07, 6.45) is 5.91. The van der Waals surface area contributed by atoms with Gasteiger partial charge in [0.25, 0.3) is 0 Å². The number of hydrogen-bond acceptors (Lipinski definition) is 8. The van der Waals surface area contributed by atoms with Crippen LogP contribution in [0.15, 0.2) is 36.5 Å². The van der Waals surface area contributed by atoms with Crippen LogP contribution in [0.1, 0.15) is 11.3 Å². The number of aromatic nitrogens is 4. The van der Waals surface area contributed by atoms with Crippen molar-refractivity contribution in [3.8, 4) is 5.82 Å². The molecule has 3 aromatic rings. The molecule has 3 heterocycles. The number of rotatable bonds is 8. The smallest absolute Gasteiger partial charge is 0.224 e. The van der Waals surface area contributed by atoms with E-state index in [1.165, 1.54) is 12.1 Å². The molecule has 0 bridgehead atoms. The Kier molecular flexibility index (Phi) is 7.33. The molecule has 180 valence electrons. The average molecular weight is 470 g/mol. The van der Waals surface area contributed by atoms with E-state index in [2.05, 4.69) is 31.4 Å².